The third-order valence-electron chi connectivity index (χ3n) is 4.98. The summed E-state index contributed by atoms with van der Waals surface area (Å²) in [6.45, 7) is 0. The Bertz CT molecular complexity index is 1340. The predicted molar refractivity (Wildman–Crippen MR) is 137 cm³/mol. The molecular formula is C26H20F3N3O4S. The molecule has 37 heavy (non-hydrogen) atoms. The van der Waals surface area contributed by atoms with Gasteiger partial charge in [-0.1, -0.05) is 48.2 Å². The first-order valence-electron chi connectivity index (χ1n) is 10.8. The van der Waals surface area contributed by atoms with Gasteiger partial charge in [0.15, 0.2) is 5.17 Å². The van der Waals surface area contributed by atoms with Gasteiger partial charge in [0.05, 0.1) is 18.6 Å². The van der Waals surface area contributed by atoms with Crippen molar-refractivity contribution in [2.45, 2.75) is 6.36 Å². The van der Waals surface area contributed by atoms with Gasteiger partial charge in [-0.25, -0.2) is 4.99 Å². The Morgan fingerprint density at radius 3 is 2.38 bits per heavy atom. The molecule has 4 rings (SSSR count). The molecule has 1 heterocycles. The van der Waals surface area contributed by atoms with Crippen LogP contribution in [0, 0.1) is 0 Å². The van der Waals surface area contributed by atoms with Gasteiger partial charge >= 0.3 is 6.36 Å². The molecule has 7 nitrogen and oxygen atoms in total. The molecule has 11 heteroatoms. The van der Waals surface area contributed by atoms with Gasteiger partial charge in [-0.05, 0) is 48.5 Å². The number of alkyl halides is 3. The molecule has 0 saturated carbocycles. The summed E-state index contributed by atoms with van der Waals surface area (Å²) < 4.78 is 46.2. The molecule has 1 aliphatic rings. The third-order valence-corrected chi connectivity index (χ3v) is 5.92. The van der Waals surface area contributed by atoms with Gasteiger partial charge in [0.2, 0.25) is 5.91 Å². The molecule has 3 aromatic carbocycles. The van der Waals surface area contributed by atoms with Crippen molar-refractivity contribution in [2.75, 3.05) is 23.1 Å². The van der Waals surface area contributed by atoms with Crippen LogP contribution in [-0.4, -0.2) is 36.2 Å². The van der Waals surface area contributed by atoms with E-state index in [0.717, 1.165) is 23.9 Å². The monoisotopic (exact) mass is 527 g/mol. The van der Waals surface area contributed by atoms with Crippen LogP contribution in [0.25, 0.3) is 6.08 Å². The van der Waals surface area contributed by atoms with E-state index in [1.807, 2.05) is 18.2 Å². The van der Waals surface area contributed by atoms with Crippen LogP contribution in [0.4, 0.5) is 24.5 Å². The summed E-state index contributed by atoms with van der Waals surface area (Å²) >= 11 is 1.05. The highest BCUT2D eigenvalue weighted by molar-refractivity contribution is 8.14. The van der Waals surface area contributed by atoms with Crippen molar-refractivity contribution in [1.82, 2.24) is 0 Å². The molecule has 0 unspecified atom stereocenters. The second kappa shape index (κ2) is 11.2. The molecule has 0 spiro atoms. The number of rotatable bonds is 7. The number of hydrogen-bond donors (Lipinski definition) is 1. The molecule has 0 atom stereocenters. The molecule has 0 aromatic heterocycles. The minimum Gasteiger partial charge on any atom is -0.496 e. The van der Waals surface area contributed by atoms with E-state index in [9.17, 15) is 22.8 Å². The van der Waals surface area contributed by atoms with Crippen molar-refractivity contribution in [3.8, 4) is 11.5 Å². The van der Waals surface area contributed by atoms with Crippen molar-refractivity contribution in [3.05, 3.63) is 90.1 Å². The lowest BCUT2D eigenvalue weighted by atomic mass is 10.1. The number of methoxy groups -OCH3 is 1. The smallest absolute Gasteiger partial charge is 0.496 e. The number of ether oxygens (including phenoxy) is 2. The number of thioether (sulfide) groups is 1. The Morgan fingerprint density at radius 2 is 1.70 bits per heavy atom. The van der Waals surface area contributed by atoms with E-state index in [0.29, 0.717) is 27.9 Å². The molecule has 0 radical (unpaired) electrons. The maximum absolute atomic E-state index is 13.3. The standard InChI is InChI=1S/C26H20F3N3O4S/c1-35-22-10-6-5-7-17(22)15-21-24(34)32(19-8-3-2-4-9-19)25(31-21)37-16-23(33)30-18-11-13-20(14-12-18)36-26(27,28)29/h2-15H,16H2,1H3,(H,30,33). The number of nitrogens with one attached hydrogen (secondary N) is 1. The van der Waals surface area contributed by atoms with Crippen LogP contribution in [-0.2, 0) is 9.59 Å². The number of aliphatic imine (C=N–C) groups is 1. The molecule has 0 bridgehead atoms. The minimum atomic E-state index is -4.80. The summed E-state index contributed by atoms with van der Waals surface area (Å²) in [4.78, 5) is 31.7. The van der Waals surface area contributed by atoms with Gasteiger partial charge < -0.3 is 14.8 Å². The topological polar surface area (TPSA) is 80.2 Å². The molecule has 3 aromatic rings. The number of carbonyl (C=O) groups excluding carboxylic acids is 2. The van der Waals surface area contributed by atoms with E-state index in [4.69, 9.17) is 4.74 Å². The molecule has 0 aliphatic carbocycles. The number of anilines is 2. The quantitative estimate of drug-likeness (QED) is 0.398. The van der Waals surface area contributed by atoms with Crippen molar-refractivity contribution in [3.63, 3.8) is 0 Å². The fourth-order valence-corrected chi connectivity index (χ4v) is 4.21. The minimum absolute atomic E-state index is 0.0990. The van der Waals surface area contributed by atoms with Crippen molar-refractivity contribution in [1.29, 1.82) is 0 Å². The summed E-state index contributed by atoms with van der Waals surface area (Å²) in [5.74, 6) is -0.707. The third kappa shape index (κ3) is 6.70. The summed E-state index contributed by atoms with van der Waals surface area (Å²) in [5, 5.41) is 2.91. The Hall–Kier alpha value is -4.25. The van der Waals surface area contributed by atoms with Crippen molar-refractivity contribution < 1.29 is 32.2 Å². The maximum atomic E-state index is 13.3. The summed E-state index contributed by atoms with van der Waals surface area (Å²) in [5.41, 5.74) is 1.73. The van der Waals surface area contributed by atoms with E-state index < -0.39 is 18.0 Å². The number of nitrogens with zero attached hydrogens (tertiary/aromatic N) is 2. The van der Waals surface area contributed by atoms with Crippen molar-refractivity contribution >= 4 is 46.2 Å². The number of halogens is 3. The van der Waals surface area contributed by atoms with Crippen molar-refractivity contribution in [2.24, 2.45) is 4.99 Å². The highest BCUT2D eigenvalue weighted by Gasteiger charge is 2.33. The lowest BCUT2D eigenvalue weighted by Crippen LogP contribution is -2.31. The highest BCUT2D eigenvalue weighted by Crippen LogP contribution is 2.31. The normalized spacial score (nSPS) is 14.5. The van der Waals surface area contributed by atoms with Gasteiger partial charge in [-0.2, -0.15) is 0 Å². The van der Waals surface area contributed by atoms with Crippen LogP contribution < -0.4 is 19.7 Å². The summed E-state index contributed by atoms with van der Waals surface area (Å²) in [6, 6.07) is 20.9. The van der Waals surface area contributed by atoms with Crippen LogP contribution in [0.1, 0.15) is 5.56 Å². The number of para-hydroxylation sites is 2. The van der Waals surface area contributed by atoms with E-state index in [-0.39, 0.29) is 17.4 Å². The number of hydrogen-bond acceptors (Lipinski definition) is 6. The Labute approximate surface area is 214 Å². The SMILES string of the molecule is COc1ccccc1C=C1N=C(SCC(=O)Nc2ccc(OC(F)(F)F)cc2)N(c2ccccc2)C1=O. The van der Waals surface area contributed by atoms with Gasteiger partial charge in [0.25, 0.3) is 5.91 Å². The first-order valence-corrected chi connectivity index (χ1v) is 11.8. The zero-order valence-electron chi connectivity index (χ0n) is 19.4. The number of carbonyl (C=O) groups is 2. The van der Waals surface area contributed by atoms with E-state index in [2.05, 4.69) is 15.0 Å². The first kappa shape index (κ1) is 25.8. The average Bonchev–Trinajstić information content (AvgIpc) is 3.18. The molecule has 1 N–H and O–H groups in total. The number of amidine groups is 1. The summed E-state index contributed by atoms with van der Waals surface area (Å²) in [7, 11) is 1.53. The van der Waals surface area contributed by atoms with Crippen LogP contribution >= 0.6 is 11.8 Å². The predicted octanol–water partition coefficient (Wildman–Crippen LogP) is 5.71. The van der Waals surface area contributed by atoms with Crippen LogP contribution in [0.5, 0.6) is 11.5 Å². The lowest BCUT2D eigenvalue weighted by Gasteiger charge is -2.17. The highest BCUT2D eigenvalue weighted by atomic mass is 32.2. The van der Waals surface area contributed by atoms with Gasteiger partial charge in [0, 0.05) is 11.3 Å². The Morgan fingerprint density at radius 1 is 1.03 bits per heavy atom. The maximum Gasteiger partial charge on any atom is 0.573 e. The molecule has 2 amide bonds. The number of amides is 2. The molecular weight excluding hydrogens is 507 g/mol. The second-order valence-electron chi connectivity index (χ2n) is 7.55. The van der Waals surface area contributed by atoms with Crippen LogP contribution in [0.3, 0.4) is 0 Å². The zero-order chi connectivity index (χ0) is 26.4. The fraction of sp³-hybridized carbons (Fsp3) is 0.115. The number of benzene rings is 3. The Kier molecular flexibility index (Phi) is 7.83. The van der Waals surface area contributed by atoms with Gasteiger partial charge in [0.1, 0.15) is 17.2 Å². The van der Waals surface area contributed by atoms with Gasteiger partial charge in [-0.15, -0.1) is 13.2 Å². The van der Waals surface area contributed by atoms with E-state index in [1.54, 1.807) is 42.5 Å². The van der Waals surface area contributed by atoms with E-state index in [1.165, 1.54) is 24.1 Å². The second-order valence-corrected chi connectivity index (χ2v) is 8.49. The Balaban J connectivity index is 1.50. The summed E-state index contributed by atoms with van der Waals surface area (Å²) in [6.07, 6.45) is -3.18. The van der Waals surface area contributed by atoms with Gasteiger partial charge in [-0.3, -0.25) is 14.5 Å². The fourth-order valence-electron chi connectivity index (χ4n) is 3.40. The first-order chi connectivity index (χ1) is 17.7. The van der Waals surface area contributed by atoms with Crippen LogP contribution in [0.2, 0.25) is 0 Å². The lowest BCUT2D eigenvalue weighted by molar-refractivity contribution is -0.274. The molecule has 0 fully saturated rings. The van der Waals surface area contributed by atoms with E-state index >= 15 is 0 Å². The average molecular weight is 528 g/mol. The largest absolute Gasteiger partial charge is 0.573 e. The van der Waals surface area contributed by atoms with Crippen LogP contribution in [0.15, 0.2) is 89.6 Å². The molecule has 0 saturated heterocycles. The molecule has 190 valence electrons. The molecule has 1 aliphatic heterocycles. The zero-order valence-corrected chi connectivity index (χ0v) is 20.2.